The van der Waals surface area contributed by atoms with Gasteiger partial charge < -0.3 is 5.73 Å². The molecule has 0 radical (unpaired) electrons. The number of hydrogen-bond acceptors (Lipinski definition) is 3. The first-order valence-corrected chi connectivity index (χ1v) is 6.24. The van der Waals surface area contributed by atoms with Crippen LogP contribution < -0.4 is 5.73 Å². The summed E-state index contributed by atoms with van der Waals surface area (Å²) in [5.74, 6) is 0. The van der Waals surface area contributed by atoms with E-state index in [1.54, 1.807) is 24.3 Å². The Hall–Kier alpha value is -1.94. The monoisotopic (exact) mass is 258 g/mol. The molecule has 0 amide bonds. The maximum absolute atomic E-state index is 11.7. The van der Waals surface area contributed by atoms with Crippen LogP contribution >= 0.6 is 0 Å². The van der Waals surface area contributed by atoms with Crippen molar-refractivity contribution >= 4 is 0 Å². The van der Waals surface area contributed by atoms with Gasteiger partial charge >= 0.3 is 0 Å². The summed E-state index contributed by atoms with van der Waals surface area (Å²) in [4.78, 5) is 11.5. The van der Waals surface area contributed by atoms with Crippen LogP contribution in [0.5, 0.6) is 0 Å². The molecule has 100 valence electrons. The Bertz CT molecular complexity index is 534. The van der Waals surface area contributed by atoms with Gasteiger partial charge in [-0.2, -0.15) is 0 Å². The molecule has 0 spiro atoms. The lowest BCUT2D eigenvalue weighted by Crippen LogP contribution is -2.63. The number of nitrogens with zero attached hydrogens (tertiary/aromatic N) is 1. The maximum atomic E-state index is 11.7. The molecule has 1 aliphatic rings. The molecule has 0 saturated carbocycles. The van der Waals surface area contributed by atoms with E-state index in [0.717, 1.165) is 5.56 Å². The van der Waals surface area contributed by atoms with Crippen LogP contribution in [0.4, 0.5) is 0 Å². The Balaban J connectivity index is 2.60. The smallest absolute Gasteiger partial charge is 0.267 e. The molecule has 0 aliphatic heterocycles. The van der Waals surface area contributed by atoms with Crippen LogP contribution in [0.1, 0.15) is 19.4 Å². The summed E-state index contributed by atoms with van der Waals surface area (Å²) >= 11 is 0. The minimum absolute atomic E-state index is 0.259. The number of allylic oxidation sites excluding steroid dienone is 2. The van der Waals surface area contributed by atoms with Crippen molar-refractivity contribution in [2.45, 2.75) is 30.8 Å². The van der Waals surface area contributed by atoms with E-state index in [0.29, 0.717) is 0 Å². The van der Waals surface area contributed by atoms with Crippen LogP contribution in [-0.2, 0) is 5.41 Å². The SMILES string of the molecule is CC(C)(c1ccccc1)C1([N+](=O)[O-])C=CC=CC1N. The minimum atomic E-state index is -1.33. The Kier molecular flexibility index (Phi) is 3.28. The van der Waals surface area contributed by atoms with Gasteiger partial charge in [0, 0.05) is 4.92 Å². The molecular formula is C15H18N2O2. The van der Waals surface area contributed by atoms with E-state index in [1.165, 1.54) is 0 Å². The summed E-state index contributed by atoms with van der Waals surface area (Å²) in [7, 11) is 0. The molecule has 0 heterocycles. The minimum Gasteiger partial charge on any atom is -0.318 e. The van der Waals surface area contributed by atoms with E-state index >= 15 is 0 Å². The Labute approximate surface area is 112 Å². The van der Waals surface area contributed by atoms with Gasteiger partial charge in [0.25, 0.3) is 5.54 Å². The lowest BCUT2D eigenvalue weighted by molar-refractivity contribution is -0.569. The average molecular weight is 258 g/mol. The molecule has 2 atom stereocenters. The number of rotatable bonds is 3. The van der Waals surface area contributed by atoms with Crippen molar-refractivity contribution in [2.24, 2.45) is 5.73 Å². The molecule has 1 aliphatic carbocycles. The van der Waals surface area contributed by atoms with Crippen LogP contribution in [-0.4, -0.2) is 16.5 Å². The Morgan fingerprint density at radius 2 is 1.89 bits per heavy atom. The average Bonchev–Trinajstić information content (AvgIpc) is 2.39. The molecule has 0 bridgehead atoms. The van der Waals surface area contributed by atoms with Gasteiger partial charge in [-0.25, -0.2) is 0 Å². The van der Waals surface area contributed by atoms with Crippen LogP contribution in [0.15, 0.2) is 54.6 Å². The highest BCUT2D eigenvalue weighted by Crippen LogP contribution is 2.41. The van der Waals surface area contributed by atoms with E-state index in [-0.39, 0.29) is 4.92 Å². The lowest BCUT2D eigenvalue weighted by atomic mass is 9.63. The van der Waals surface area contributed by atoms with Crippen molar-refractivity contribution < 1.29 is 4.92 Å². The first-order valence-electron chi connectivity index (χ1n) is 6.24. The van der Waals surface area contributed by atoms with Gasteiger partial charge in [0.15, 0.2) is 0 Å². The van der Waals surface area contributed by atoms with Crippen molar-refractivity contribution in [2.75, 3.05) is 0 Å². The standard InChI is InChI=1S/C15H18N2O2/c1-14(2,12-8-4-3-5-9-12)15(17(18)19)11-7-6-10-13(15)16/h3-11,13H,16H2,1-2H3. The van der Waals surface area contributed by atoms with Gasteiger partial charge in [0.2, 0.25) is 0 Å². The van der Waals surface area contributed by atoms with Gasteiger partial charge in [0.1, 0.15) is 0 Å². The Morgan fingerprint density at radius 1 is 1.26 bits per heavy atom. The summed E-state index contributed by atoms with van der Waals surface area (Å²) in [5, 5.41) is 11.7. The molecule has 19 heavy (non-hydrogen) atoms. The molecule has 0 fully saturated rings. The van der Waals surface area contributed by atoms with Crippen molar-refractivity contribution in [3.05, 3.63) is 70.3 Å². The fourth-order valence-electron chi connectivity index (χ4n) is 2.77. The third kappa shape index (κ3) is 1.88. The van der Waals surface area contributed by atoms with Crippen LogP contribution in [0.25, 0.3) is 0 Å². The van der Waals surface area contributed by atoms with Gasteiger partial charge in [-0.15, -0.1) is 0 Å². The second-order valence-corrected chi connectivity index (χ2v) is 5.34. The molecule has 0 aromatic heterocycles. The summed E-state index contributed by atoms with van der Waals surface area (Å²) in [5.41, 5.74) is 4.92. The second kappa shape index (κ2) is 4.63. The van der Waals surface area contributed by atoms with E-state index < -0.39 is 17.0 Å². The zero-order valence-corrected chi connectivity index (χ0v) is 11.1. The summed E-state index contributed by atoms with van der Waals surface area (Å²) in [6.07, 6.45) is 6.77. The molecule has 4 nitrogen and oxygen atoms in total. The van der Waals surface area contributed by atoms with Gasteiger partial charge in [-0.05, 0) is 25.5 Å². The summed E-state index contributed by atoms with van der Waals surface area (Å²) in [6.45, 7) is 3.74. The molecule has 1 aromatic rings. The number of nitro groups is 1. The summed E-state index contributed by atoms with van der Waals surface area (Å²) < 4.78 is 0. The molecule has 2 rings (SSSR count). The quantitative estimate of drug-likeness (QED) is 0.668. The fourth-order valence-corrected chi connectivity index (χ4v) is 2.77. The molecule has 2 N–H and O–H groups in total. The zero-order valence-electron chi connectivity index (χ0n) is 11.1. The van der Waals surface area contributed by atoms with E-state index in [9.17, 15) is 10.1 Å². The van der Waals surface area contributed by atoms with Crippen molar-refractivity contribution in [1.82, 2.24) is 0 Å². The van der Waals surface area contributed by atoms with Crippen molar-refractivity contribution in [1.29, 1.82) is 0 Å². The molecule has 4 heteroatoms. The van der Waals surface area contributed by atoms with E-state index in [2.05, 4.69) is 0 Å². The van der Waals surface area contributed by atoms with Crippen LogP contribution in [0.2, 0.25) is 0 Å². The van der Waals surface area contributed by atoms with Crippen molar-refractivity contribution in [3.8, 4) is 0 Å². The zero-order chi connectivity index (χ0) is 14.1. The highest BCUT2D eigenvalue weighted by molar-refractivity contribution is 5.37. The maximum Gasteiger partial charge on any atom is 0.267 e. The third-order valence-electron chi connectivity index (χ3n) is 4.09. The van der Waals surface area contributed by atoms with Gasteiger partial charge in [-0.3, -0.25) is 10.1 Å². The highest BCUT2D eigenvalue weighted by Gasteiger charge is 2.59. The second-order valence-electron chi connectivity index (χ2n) is 5.34. The van der Waals surface area contributed by atoms with E-state index in [4.69, 9.17) is 5.73 Å². The molecule has 0 saturated heterocycles. The van der Waals surface area contributed by atoms with Crippen molar-refractivity contribution in [3.63, 3.8) is 0 Å². The first-order chi connectivity index (χ1) is 8.93. The van der Waals surface area contributed by atoms with E-state index in [1.807, 2.05) is 44.2 Å². The fraction of sp³-hybridized carbons (Fsp3) is 0.333. The van der Waals surface area contributed by atoms with Crippen LogP contribution in [0.3, 0.4) is 0 Å². The normalized spacial score (nSPS) is 26.4. The van der Waals surface area contributed by atoms with Crippen LogP contribution in [0, 0.1) is 10.1 Å². The summed E-state index contributed by atoms with van der Waals surface area (Å²) in [6, 6.07) is 8.84. The predicted octanol–water partition coefficient (Wildman–Crippen LogP) is 2.43. The van der Waals surface area contributed by atoms with Gasteiger partial charge in [0.05, 0.1) is 11.5 Å². The predicted molar refractivity (Wildman–Crippen MR) is 75.4 cm³/mol. The number of benzene rings is 1. The molecule has 1 aromatic carbocycles. The number of nitrogens with two attached hydrogens (primary N) is 1. The topological polar surface area (TPSA) is 69.2 Å². The number of hydrogen-bond donors (Lipinski definition) is 1. The largest absolute Gasteiger partial charge is 0.318 e. The molecular weight excluding hydrogens is 240 g/mol. The van der Waals surface area contributed by atoms with Gasteiger partial charge in [-0.1, -0.05) is 48.6 Å². The lowest BCUT2D eigenvalue weighted by Gasteiger charge is -2.41. The Morgan fingerprint density at radius 3 is 2.42 bits per heavy atom. The molecule has 2 unspecified atom stereocenters. The highest BCUT2D eigenvalue weighted by atomic mass is 16.6. The third-order valence-corrected chi connectivity index (χ3v) is 4.09. The first kappa shape index (κ1) is 13.5.